The minimum Gasteiger partial charge on any atom is -0.495 e. The summed E-state index contributed by atoms with van der Waals surface area (Å²) in [4.78, 5) is 36.4. The van der Waals surface area contributed by atoms with Crippen LogP contribution in [0.15, 0.2) is 42.5 Å². The Hall–Kier alpha value is -3.75. The Balaban J connectivity index is 1.56. The second-order valence-electron chi connectivity index (χ2n) is 8.67. The molecular weight excluding hydrogens is 426 g/mol. The molecule has 9 heteroatoms. The lowest BCUT2D eigenvalue weighted by molar-refractivity contribution is -0.118. The first-order valence-corrected chi connectivity index (χ1v) is 10.6. The number of hydrogen-bond acceptors (Lipinski definition) is 6. The van der Waals surface area contributed by atoms with Crippen LogP contribution in [0.1, 0.15) is 33.6 Å². The van der Waals surface area contributed by atoms with Crippen LogP contribution in [0.2, 0.25) is 0 Å². The number of nitrogens with one attached hydrogen (secondary N) is 3. The largest absolute Gasteiger partial charge is 0.495 e. The second-order valence-corrected chi connectivity index (χ2v) is 8.67. The number of hydrogen-bond donors (Lipinski definition) is 3. The molecular formula is C24H29N3O6. The van der Waals surface area contributed by atoms with E-state index in [4.69, 9.17) is 14.2 Å². The Morgan fingerprint density at radius 3 is 2.36 bits per heavy atom. The van der Waals surface area contributed by atoms with Crippen molar-refractivity contribution in [1.29, 1.82) is 0 Å². The Labute approximate surface area is 192 Å². The van der Waals surface area contributed by atoms with Gasteiger partial charge in [-0.2, -0.15) is 0 Å². The molecule has 0 atom stereocenters. The zero-order valence-corrected chi connectivity index (χ0v) is 19.2. The smallest absolute Gasteiger partial charge is 0.412 e. The Bertz CT molecular complexity index is 1030. The van der Waals surface area contributed by atoms with E-state index in [1.54, 1.807) is 63.2 Å². The normalized spacial score (nSPS) is 13.0. The van der Waals surface area contributed by atoms with Crippen molar-refractivity contribution in [2.75, 3.05) is 29.7 Å². The molecule has 0 unspecified atom stereocenters. The number of rotatable bonds is 8. The molecule has 2 aromatic rings. The number of amides is 3. The van der Waals surface area contributed by atoms with Crippen molar-refractivity contribution in [1.82, 2.24) is 0 Å². The van der Waals surface area contributed by atoms with Gasteiger partial charge in [0.25, 0.3) is 5.91 Å². The summed E-state index contributed by atoms with van der Waals surface area (Å²) in [5, 5.41) is 8.18. The first kappa shape index (κ1) is 23.9. The van der Waals surface area contributed by atoms with E-state index in [2.05, 4.69) is 16.0 Å². The van der Waals surface area contributed by atoms with Crippen LogP contribution in [0.25, 0.3) is 0 Å². The van der Waals surface area contributed by atoms with Crippen molar-refractivity contribution in [2.24, 2.45) is 5.92 Å². The molecule has 33 heavy (non-hydrogen) atoms. The molecule has 176 valence electrons. The molecule has 1 fully saturated rings. The van der Waals surface area contributed by atoms with Gasteiger partial charge in [-0.15, -0.1) is 0 Å². The van der Waals surface area contributed by atoms with Crippen LogP contribution in [-0.4, -0.2) is 37.2 Å². The summed E-state index contributed by atoms with van der Waals surface area (Å²) >= 11 is 0. The standard InChI is InChI=1S/C24H29N3O6/c1-24(2,3)33-23(30)27-19-13-17(10-11-20(19)31-4)25-21(28)14-32-18-7-5-6-16(12-18)26-22(29)15-8-9-15/h5-7,10-13,15H,8-9,14H2,1-4H3,(H,25,28)(H,26,29)(H,27,30). The predicted molar refractivity (Wildman–Crippen MR) is 125 cm³/mol. The fourth-order valence-corrected chi connectivity index (χ4v) is 2.90. The highest BCUT2D eigenvalue weighted by Gasteiger charge is 2.29. The quantitative estimate of drug-likeness (QED) is 0.543. The molecule has 3 amide bonds. The molecule has 2 aromatic carbocycles. The van der Waals surface area contributed by atoms with Gasteiger partial charge >= 0.3 is 6.09 Å². The van der Waals surface area contributed by atoms with Gasteiger partial charge < -0.3 is 24.8 Å². The number of ether oxygens (including phenoxy) is 3. The molecule has 3 rings (SSSR count). The summed E-state index contributed by atoms with van der Waals surface area (Å²) in [6.45, 7) is 5.05. The van der Waals surface area contributed by atoms with Crippen molar-refractivity contribution in [3.63, 3.8) is 0 Å². The summed E-state index contributed by atoms with van der Waals surface area (Å²) in [7, 11) is 1.48. The van der Waals surface area contributed by atoms with Crippen molar-refractivity contribution in [3.8, 4) is 11.5 Å². The summed E-state index contributed by atoms with van der Waals surface area (Å²) in [5.74, 6) is 0.580. The zero-order chi connectivity index (χ0) is 24.0. The number of anilines is 3. The van der Waals surface area contributed by atoms with Crippen LogP contribution >= 0.6 is 0 Å². The average Bonchev–Trinajstić information content (AvgIpc) is 3.57. The number of benzene rings is 2. The molecule has 0 heterocycles. The Morgan fingerprint density at radius 2 is 1.70 bits per heavy atom. The third-order valence-corrected chi connectivity index (χ3v) is 4.54. The lowest BCUT2D eigenvalue weighted by atomic mass is 10.2. The molecule has 1 saturated carbocycles. The van der Waals surface area contributed by atoms with E-state index in [1.165, 1.54) is 7.11 Å². The molecule has 0 spiro atoms. The second kappa shape index (κ2) is 10.2. The Kier molecular flexibility index (Phi) is 7.42. The summed E-state index contributed by atoms with van der Waals surface area (Å²) < 4.78 is 16.1. The zero-order valence-electron chi connectivity index (χ0n) is 19.2. The SMILES string of the molecule is COc1ccc(NC(=O)COc2cccc(NC(=O)C3CC3)c2)cc1NC(=O)OC(C)(C)C. The lowest BCUT2D eigenvalue weighted by Gasteiger charge is -2.20. The fraction of sp³-hybridized carbons (Fsp3) is 0.375. The number of carbonyl (C=O) groups excluding carboxylic acids is 3. The van der Waals surface area contributed by atoms with Gasteiger partial charge in [0.1, 0.15) is 17.1 Å². The van der Waals surface area contributed by atoms with E-state index in [0.29, 0.717) is 28.6 Å². The summed E-state index contributed by atoms with van der Waals surface area (Å²) in [5.41, 5.74) is 0.765. The van der Waals surface area contributed by atoms with Gasteiger partial charge in [-0.05, 0) is 63.9 Å². The van der Waals surface area contributed by atoms with Crippen LogP contribution in [0, 0.1) is 5.92 Å². The highest BCUT2D eigenvalue weighted by Crippen LogP contribution is 2.31. The number of carbonyl (C=O) groups is 3. The number of methoxy groups -OCH3 is 1. The van der Waals surface area contributed by atoms with Gasteiger partial charge in [-0.25, -0.2) is 4.79 Å². The lowest BCUT2D eigenvalue weighted by Crippen LogP contribution is -2.27. The third kappa shape index (κ3) is 7.71. The monoisotopic (exact) mass is 455 g/mol. The molecule has 9 nitrogen and oxygen atoms in total. The minimum atomic E-state index is -0.654. The first-order valence-electron chi connectivity index (χ1n) is 10.6. The van der Waals surface area contributed by atoms with E-state index >= 15 is 0 Å². The molecule has 0 aliphatic heterocycles. The highest BCUT2D eigenvalue weighted by atomic mass is 16.6. The molecule has 0 radical (unpaired) electrons. The first-order chi connectivity index (χ1) is 15.6. The summed E-state index contributed by atoms with van der Waals surface area (Å²) in [6.07, 6.45) is 1.20. The van der Waals surface area contributed by atoms with Crippen molar-refractivity contribution < 1.29 is 28.6 Å². The molecule has 1 aliphatic rings. The Morgan fingerprint density at radius 1 is 0.970 bits per heavy atom. The van der Waals surface area contributed by atoms with Gasteiger partial charge in [0, 0.05) is 23.4 Å². The predicted octanol–water partition coefficient (Wildman–Crippen LogP) is 4.41. The topological polar surface area (TPSA) is 115 Å². The summed E-state index contributed by atoms with van der Waals surface area (Å²) in [6, 6.07) is 11.7. The van der Waals surface area contributed by atoms with Crippen molar-refractivity contribution >= 4 is 35.0 Å². The fourth-order valence-electron chi connectivity index (χ4n) is 2.90. The van der Waals surface area contributed by atoms with E-state index in [0.717, 1.165) is 12.8 Å². The van der Waals surface area contributed by atoms with E-state index in [-0.39, 0.29) is 18.4 Å². The third-order valence-electron chi connectivity index (χ3n) is 4.54. The van der Waals surface area contributed by atoms with Crippen molar-refractivity contribution in [3.05, 3.63) is 42.5 Å². The van der Waals surface area contributed by atoms with E-state index < -0.39 is 17.6 Å². The molecule has 0 aromatic heterocycles. The van der Waals surface area contributed by atoms with Gasteiger partial charge in [0.05, 0.1) is 12.8 Å². The van der Waals surface area contributed by atoms with Crippen LogP contribution in [0.3, 0.4) is 0 Å². The van der Waals surface area contributed by atoms with Crippen LogP contribution in [0.5, 0.6) is 11.5 Å². The maximum absolute atomic E-state index is 12.4. The van der Waals surface area contributed by atoms with Gasteiger partial charge in [-0.3, -0.25) is 14.9 Å². The van der Waals surface area contributed by atoms with Crippen LogP contribution in [0.4, 0.5) is 21.9 Å². The van der Waals surface area contributed by atoms with Gasteiger partial charge in [0.2, 0.25) is 5.91 Å². The maximum Gasteiger partial charge on any atom is 0.412 e. The van der Waals surface area contributed by atoms with E-state index in [9.17, 15) is 14.4 Å². The highest BCUT2D eigenvalue weighted by molar-refractivity contribution is 5.95. The van der Waals surface area contributed by atoms with Crippen LogP contribution < -0.4 is 25.4 Å². The molecule has 0 bridgehead atoms. The minimum absolute atomic E-state index is 0.000180. The van der Waals surface area contributed by atoms with Crippen LogP contribution in [-0.2, 0) is 14.3 Å². The average molecular weight is 456 g/mol. The van der Waals surface area contributed by atoms with Gasteiger partial charge in [0.15, 0.2) is 6.61 Å². The van der Waals surface area contributed by atoms with E-state index in [1.807, 2.05) is 0 Å². The molecule has 0 saturated heterocycles. The molecule has 3 N–H and O–H groups in total. The van der Waals surface area contributed by atoms with Crippen molar-refractivity contribution in [2.45, 2.75) is 39.2 Å². The molecule has 1 aliphatic carbocycles. The maximum atomic E-state index is 12.4. The van der Waals surface area contributed by atoms with Gasteiger partial charge in [-0.1, -0.05) is 6.07 Å².